The van der Waals surface area contributed by atoms with Crippen LogP contribution in [0, 0.1) is 0 Å². The second-order valence-corrected chi connectivity index (χ2v) is 5.52. The molecule has 0 aromatic heterocycles. The van der Waals surface area contributed by atoms with E-state index in [1.54, 1.807) is 12.1 Å². The second-order valence-electron chi connectivity index (χ2n) is 5.52. The number of carboxylic acid groups (broad SMARTS) is 1. The molecule has 1 aromatic carbocycles. The first-order chi connectivity index (χ1) is 10.4. The lowest BCUT2D eigenvalue weighted by atomic mass is 9.90. The number of aryl methyl sites for hydroxylation is 2. The van der Waals surface area contributed by atoms with Gasteiger partial charge in [0, 0.05) is 5.57 Å². The Bertz CT molecular complexity index is 547. The maximum Gasteiger partial charge on any atom is 0.336 e. The normalized spacial score (nSPS) is 10.5. The zero-order valence-electron chi connectivity index (χ0n) is 13.4. The van der Waals surface area contributed by atoms with E-state index in [0.717, 1.165) is 36.8 Å². The van der Waals surface area contributed by atoms with E-state index in [2.05, 4.69) is 20.4 Å². The molecule has 120 valence electrons. The van der Waals surface area contributed by atoms with Crippen molar-refractivity contribution in [3.8, 4) is 0 Å². The predicted octanol–water partition coefficient (Wildman–Crippen LogP) is 3.57. The van der Waals surface area contributed by atoms with Crippen LogP contribution in [0.1, 0.15) is 66.6 Å². The van der Waals surface area contributed by atoms with Crippen molar-refractivity contribution in [2.75, 3.05) is 0 Å². The van der Waals surface area contributed by atoms with Crippen LogP contribution in [0.25, 0.3) is 5.57 Å². The Labute approximate surface area is 132 Å². The lowest BCUT2D eigenvalue weighted by molar-refractivity contribution is -0.112. The zero-order valence-corrected chi connectivity index (χ0v) is 13.4. The minimum Gasteiger partial charge on any atom is -0.478 e. The fraction of sp³-hybridized carbons (Fsp3) is 0.444. The van der Waals surface area contributed by atoms with E-state index in [1.165, 1.54) is 0 Å². The van der Waals surface area contributed by atoms with E-state index in [4.69, 9.17) is 5.73 Å². The molecule has 0 saturated heterocycles. The highest BCUT2D eigenvalue weighted by Crippen LogP contribution is 2.25. The number of carboxylic acids is 1. The molecule has 4 heteroatoms. The standard InChI is InChI=1S/C18H25NO3/c1-4-6-8-13-10-15(12(3)17(19)20)11-14(9-7-5-2)16(13)18(21)22/h10-11H,3-9H2,1-2H3,(H2,19,20)(H,21,22). The second kappa shape index (κ2) is 8.37. The highest BCUT2D eigenvalue weighted by molar-refractivity contribution is 6.18. The number of primary amides is 1. The molecule has 1 aromatic rings. The summed E-state index contributed by atoms with van der Waals surface area (Å²) in [7, 11) is 0. The van der Waals surface area contributed by atoms with Crippen LogP contribution in [-0.2, 0) is 17.6 Å². The minimum absolute atomic E-state index is 0.229. The number of hydrogen-bond acceptors (Lipinski definition) is 2. The number of unbranched alkanes of at least 4 members (excludes halogenated alkanes) is 2. The van der Waals surface area contributed by atoms with Gasteiger partial charge in [0.1, 0.15) is 0 Å². The van der Waals surface area contributed by atoms with Gasteiger partial charge < -0.3 is 10.8 Å². The van der Waals surface area contributed by atoms with Gasteiger partial charge in [-0.25, -0.2) is 4.79 Å². The summed E-state index contributed by atoms with van der Waals surface area (Å²) in [6.07, 6.45) is 5.11. The molecular formula is C18H25NO3. The number of benzene rings is 1. The number of aromatic carboxylic acids is 1. The van der Waals surface area contributed by atoms with Gasteiger partial charge in [0.25, 0.3) is 0 Å². The molecule has 0 spiro atoms. The van der Waals surface area contributed by atoms with Gasteiger partial charge in [0.05, 0.1) is 5.56 Å². The third-order valence-corrected chi connectivity index (χ3v) is 3.76. The molecule has 0 radical (unpaired) electrons. The SMILES string of the molecule is C=C(C(N)=O)c1cc(CCCC)c(C(=O)O)c(CCCC)c1. The van der Waals surface area contributed by atoms with Gasteiger partial charge >= 0.3 is 5.97 Å². The van der Waals surface area contributed by atoms with Gasteiger partial charge in [-0.2, -0.15) is 0 Å². The summed E-state index contributed by atoms with van der Waals surface area (Å²) in [6.45, 7) is 7.84. The summed E-state index contributed by atoms with van der Waals surface area (Å²) in [6, 6.07) is 3.50. The molecule has 0 bridgehead atoms. The quantitative estimate of drug-likeness (QED) is 0.684. The van der Waals surface area contributed by atoms with E-state index in [0.29, 0.717) is 24.0 Å². The molecule has 0 heterocycles. The van der Waals surface area contributed by atoms with Crippen molar-refractivity contribution in [3.63, 3.8) is 0 Å². The van der Waals surface area contributed by atoms with Crippen LogP contribution in [0.4, 0.5) is 0 Å². The molecule has 0 fully saturated rings. The number of rotatable bonds is 9. The van der Waals surface area contributed by atoms with Crippen LogP contribution in [0.3, 0.4) is 0 Å². The highest BCUT2D eigenvalue weighted by atomic mass is 16.4. The largest absolute Gasteiger partial charge is 0.478 e. The molecule has 22 heavy (non-hydrogen) atoms. The van der Waals surface area contributed by atoms with Gasteiger partial charge in [0.2, 0.25) is 5.91 Å². The smallest absolute Gasteiger partial charge is 0.336 e. The molecule has 0 aliphatic heterocycles. The summed E-state index contributed by atoms with van der Waals surface area (Å²) < 4.78 is 0. The molecule has 0 unspecified atom stereocenters. The van der Waals surface area contributed by atoms with Crippen molar-refractivity contribution in [2.45, 2.75) is 52.4 Å². The summed E-state index contributed by atoms with van der Waals surface area (Å²) in [5.74, 6) is -1.49. The molecular weight excluding hydrogens is 278 g/mol. The fourth-order valence-corrected chi connectivity index (χ4v) is 2.49. The van der Waals surface area contributed by atoms with Gasteiger partial charge in [-0.15, -0.1) is 0 Å². The van der Waals surface area contributed by atoms with Crippen LogP contribution in [0.5, 0.6) is 0 Å². The number of nitrogens with two attached hydrogens (primary N) is 1. The topological polar surface area (TPSA) is 80.4 Å². The number of hydrogen-bond donors (Lipinski definition) is 2. The molecule has 3 N–H and O–H groups in total. The van der Waals surface area contributed by atoms with Crippen molar-refractivity contribution in [1.29, 1.82) is 0 Å². The lowest BCUT2D eigenvalue weighted by Gasteiger charge is -2.15. The highest BCUT2D eigenvalue weighted by Gasteiger charge is 2.18. The van der Waals surface area contributed by atoms with E-state index < -0.39 is 11.9 Å². The van der Waals surface area contributed by atoms with Crippen molar-refractivity contribution in [1.82, 2.24) is 0 Å². The van der Waals surface area contributed by atoms with E-state index in [-0.39, 0.29) is 5.57 Å². The molecule has 1 rings (SSSR count). The third kappa shape index (κ3) is 4.45. The Balaban J connectivity index is 3.41. The summed E-state index contributed by atoms with van der Waals surface area (Å²) in [4.78, 5) is 23.0. The van der Waals surface area contributed by atoms with Gasteiger partial charge in [-0.3, -0.25) is 4.79 Å². The zero-order chi connectivity index (χ0) is 16.7. The van der Waals surface area contributed by atoms with Crippen LogP contribution >= 0.6 is 0 Å². The van der Waals surface area contributed by atoms with Crippen molar-refractivity contribution >= 4 is 17.4 Å². The number of amides is 1. The van der Waals surface area contributed by atoms with Crippen molar-refractivity contribution in [3.05, 3.63) is 41.0 Å². The number of carbonyl (C=O) groups is 2. The minimum atomic E-state index is -0.909. The molecule has 0 aliphatic rings. The Morgan fingerprint density at radius 2 is 1.55 bits per heavy atom. The van der Waals surface area contributed by atoms with Gasteiger partial charge in [-0.1, -0.05) is 45.4 Å². The Morgan fingerprint density at radius 3 is 1.86 bits per heavy atom. The maximum atomic E-state index is 11.7. The van der Waals surface area contributed by atoms with Gasteiger partial charge in [-0.05, 0) is 42.4 Å². The monoisotopic (exact) mass is 303 g/mol. The predicted molar refractivity (Wildman–Crippen MR) is 88.9 cm³/mol. The van der Waals surface area contributed by atoms with Crippen molar-refractivity contribution in [2.24, 2.45) is 5.73 Å². The van der Waals surface area contributed by atoms with E-state index in [9.17, 15) is 14.7 Å². The van der Waals surface area contributed by atoms with Crippen LogP contribution in [0.15, 0.2) is 18.7 Å². The molecule has 0 atom stereocenters. The third-order valence-electron chi connectivity index (χ3n) is 3.76. The fourth-order valence-electron chi connectivity index (χ4n) is 2.49. The first-order valence-corrected chi connectivity index (χ1v) is 7.80. The van der Waals surface area contributed by atoms with Crippen LogP contribution < -0.4 is 5.73 Å². The molecule has 0 aliphatic carbocycles. The van der Waals surface area contributed by atoms with Crippen molar-refractivity contribution < 1.29 is 14.7 Å². The summed E-state index contributed by atoms with van der Waals surface area (Å²) in [5.41, 5.74) is 8.08. The Kier molecular flexibility index (Phi) is 6.83. The Hall–Kier alpha value is -2.10. The maximum absolute atomic E-state index is 11.7. The summed E-state index contributed by atoms with van der Waals surface area (Å²) in [5, 5.41) is 9.57. The molecule has 0 saturated carbocycles. The Morgan fingerprint density at radius 1 is 1.09 bits per heavy atom. The average Bonchev–Trinajstić information content (AvgIpc) is 2.48. The lowest BCUT2D eigenvalue weighted by Crippen LogP contribution is -2.14. The molecule has 4 nitrogen and oxygen atoms in total. The van der Waals surface area contributed by atoms with E-state index in [1.807, 2.05) is 0 Å². The first-order valence-electron chi connectivity index (χ1n) is 7.80. The van der Waals surface area contributed by atoms with Crippen LogP contribution in [-0.4, -0.2) is 17.0 Å². The first kappa shape index (κ1) is 18.0. The van der Waals surface area contributed by atoms with Gasteiger partial charge in [0.15, 0.2) is 0 Å². The summed E-state index contributed by atoms with van der Waals surface area (Å²) >= 11 is 0. The van der Waals surface area contributed by atoms with Crippen LogP contribution in [0.2, 0.25) is 0 Å². The van der Waals surface area contributed by atoms with E-state index >= 15 is 0 Å². The average molecular weight is 303 g/mol. The number of carbonyl (C=O) groups excluding carboxylic acids is 1. The molecule has 1 amide bonds.